The summed E-state index contributed by atoms with van der Waals surface area (Å²) in [5.41, 5.74) is 3.53. The molecule has 0 heterocycles. The van der Waals surface area contributed by atoms with Crippen molar-refractivity contribution in [3.63, 3.8) is 0 Å². The van der Waals surface area contributed by atoms with Gasteiger partial charge in [0.25, 0.3) is 0 Å². The Kier molecular flexibility index (Phi) is 5.29. The second kappa shape index (κ2) is 6.75. The first kappa shape index (κ1) is 13.3. The highest BCUT2D eigenvalue weighted by Crippen LogP contribution is 2.26. The smallest absolute Gasteiger partial charge is 0.212 e. The van der Waals surface area contributed by atoms with Crippen LogP contribution in [0.25, 0.3) is 0 Å². The highest BCUT2D eigenvalue weighted by atomic mass is 16.5. The molecule has 0 radical (unpaired) electrons. The molecule has 0 spiro atoms. The van der Waals surface area contributed by atoms with Gasteiger partial charge in [0.1, 0.15) is 5.75 Å². The van der Waals surface area contributed by atoms with Crippen molar-refractivity contribution in [3.05, 3.63) is 24.3 Å². The summed E-state index contributed by atoms with van der Waals surface area (Å²) in [5, 5.41) is 0. The van der Waals surface area contributed by atoms with Crippen LogP contribution < -0.4 is 20.9 Å². The summed E-state index contributed by atoms with van der Waals surface area (Å²) < 4.78 is 5.30. The number of methoxy groups -OCH3 is 1. The van der Waals surface area contributed by atoms with Crippen molar-refractivity contribution in [3.8, 4) is 5.75 Å². The third-order valence-corrected chi connectivity index (χ3v) is 2.38. The standard InChI is InChI=1S/C12H20N4O/c1-4-9-14-12(15-13)16(2)10-7-5-6-8-11(10)17-3/h5-8H,4,9,13H2,1-3H3,(H,14,15). The van der Waals surface area contributed by atoms with Gasteiger partial charge in [-0.15, -0.1) is 0 Å². The predicted octanol–water partition coefficient (Wildman–Crippen LogP) is 1.36. The van der Waals surface area contributed by atoms with Crippen molar-refractivity contribution in [2.24, 2.45) is 10.8 Å². The van der Waals surface area contributed by atoms with Gasteiger partial charge in [-0.1, -0.05) is 19.1 Å². The number of aliphatic imine (C=N–C) groups is 1. The van der Waals surface area contributed by atoms with Crippen LogP contribution in [0.3, 0.4) is 0 Å². The van der Waals surface area contributed by atoms with E-state index in [2.05, 4.69) is 17.3 Å². The van der Waals surface area contributed by atoms with Crippen LogP contribution in [0.5, 0.6) is 5.75 Å². The molecule has 5 heteroatoms. The average Bonchev–Trinajstić information content (AvgIpc) is 2.39. The van der Waals surface area contributed by atoms with Crippen LogP contribution in [-0.2, 0) is 0 Å². The Hall–Kier alpha value is -1.75. The van der Waals surface area contributed by atoms with E-state index in [1.54, 1.807) is 7.11 Å². The van der Waals surface area contributed by atoms with Gasteiger partial charge < -0.3 is 9.64 Å². The molecule has 0 atom stereocenters. The van der Waals surface area contributed by atoms with Crippen LogP contribution in [0.1, 0.15) is 13.3 Å². The third-order valence-electron chi connectivity index (χ3n) is 2.38. The van der Waals surface area contributed by atoms with E-state index in [9.17, 15) is 0 Å². The molecule has 17 heavy (non-hydrogen) atoms. The Morgan fingerprint density at radius 1 is 1.47 bits per heavy atom. The Morgan fingerprint density at radius 3 is 2.76 bits per heavy atom. The SMILES string of the molecule is CCCN=C(NN)N(C)c1ccccc1OC. The Morgan fingerprint density at radius 2 is 2.18 bits per heavy atom. The maximum absolute atomic E-state index is 5.48. The number of ether oxygens (including phenoxy) is 1. The number of hydrogen-bond donors (Lipinski definition) is 2. The van der Waals surface area contributed by atoms with Gasteiger partial charge in [-0.2, -0.15) is 0 Å². The van der Waals surface area contributed by atoms with Gasteiger partial charge in [-0.25, -0.2) is 5.84 Å². The van der Waals surface area contributed by atoms with Crippen molar-refractivity contribution in [2.45, 2.75) is 13.3 Å². The molecular formula is C12H20N4O. The normalized spacial score (nSPS) is 11.2. The lowest BCUT2D eigenvalue weighted by molar-refractivity contribution is 0.416. The Bertz CT molecular complexity index is 379. The van der Waals surface area contributed by atoms with Gasteiger partial charge in [-0.3, -0.25) is 10.4 Å². The highest BCUT2D eigenvalue weighted by molar-refractivity contribution is 5.96. The number of hydrazine groups is 1. The van der Waals surface area contributed by atoms with Gasteiger partial charge in [0.15, 0.2) is 0 Å². The van der Waals surface area contributed by atoms with Crippen LogP contribution in [0.15, 0.2) is 29.3 Å². The maximum Gasteiger partial charge on any atom is 0.212 e. The monoisotopic (exact) mass is 236 g/mol. The largest absolute Gasteiger partial charge is 0.495 e. The van der Waals surface area contributed by atoms with Crippen LogP contribution >= 0.6 is 0 Å². The molecule has 0 saturated carbocycles. The molecule has 0 amide bonds. The number of hydrogen-bond acceptors (Lipinski definition) is 3. The average molecular weight is 236 g/mol. The van der Waals surface area contributed by atoms with Gasteiger partial charge in [-0.05, 0) is 18.6 Å². The number of nitrogens with zero attached hydrogens (tertiary/aromatic N) is 2. The number of guanidine groups is 1. The van der Waals surface area contributed by atoms with Crippen molar-refractivity contribution < 1.29 is 4.74 Å². The predicted molar refractivity (Wildman–Crippen MR) is 71.3 cm³/mol. The molecule has 0 bridgehead atoms. The molecule has 0 aliphatic carbocycles. The summed E-state index contributed by atoms with van der Waals surface area (Å²) in [6.07, 6.45) is 0.977. The minimum absolute atomic E-state index is 0.622. The fourth-order valence-electron chi connectivity index (χ4n) is 1.49. The summed E-state index contributed by atoms with van der Waals surface area (Å²) in [6, 6.07) is 7.73. The van der Waals surface area contributed by atoms with E-state index in [4.69, 9.17) is 10.6 Å². The topological polar surface area (TPSA) is 62.9 Å². The van der Waals surface area contributed by atoms with Gasteiger partial charge >= 0.3 is 0 Å². The minimum Gasteiger partial charge on any atom is -0.495 e. The van der Waals surface area contributed by atoms with Gasteiger partial charge in [0, 0.05) is 13.6 Å². The maximum atomic E-state index is 5.48. The number of benzene rings is 1. The van der Waals surface area contributed by atoms with Crippen molar-refractivity contribution in [2.75, 3.05) is 25.6 Å². The lowest BCUT2D eigenvalue weighted by atomic mass is 10.3. The zero-order valence-electron chi connectivity index (χ0n) is 10.6. The number of nitrogens with two attached hydrogens (primary N) is 1. The van der Waals surface area contributed by atoms with Crippen LogP contribution in [-0.4, -0.2) is 26.7 Å². The molecule has 0 saturated heterocycles. The van der Waals surface area contributed by atoms with E-state index >= 15 is 0 Å². The molecule has 1 aromatic carbocycles. The molecule has 0 fully saturated rings. The molecule has 0 aromatic heterocycles. The minimum atomic E-state index is 0.622. The Balaban J connectivity index is 2.97. The number of para-hydroxylation sites is 2. The fourth-order valence-corrected chi connectivity index (χ4v) is 1.49. The lowest BCUT2D eigenvalue weighted by Gasteiger charge is -2.22. The van der Waals surface area contributed by atoms with E-state index < -0.39 is 0 Å². The highest BCUT2D eigenvalue weighted by Gasteiger charge is 2.11. The zero-order chi connectivity index (χ0) is 12.7. The molecule has 1 rings (SSSR count). The van der Waals surface area contributed by atoms with E-state index in [0.717, 1.165) is 24.4 Å². The molecule has 0 aliphatic rings. The molecule has 0 unspecified atom stereocenters. The van der Waals surface area contributed by atoms with E-state index in [1.807, 2.05) is 36.2 Å². The summed E-state index contributed by atoms with van der Waals surface area (Å²) in [4.78, 5) is 6.23. The molecule has 5 nitrogen and oxygen atoms in total. The number of nitrogens with one attached hydrogen (secondary N) is 1. The first-order valence-electron chi connectivity index (χ1n) is 5.62. The molecule has 0 aliphatic heterocycles. The first-order valence-corrected chi connectivity index (χ1v) is 5.62. The van der Waals surface area contributed by atoms with Crippen molar-refractivity contribution >= 4 is 11.6 Å². The van der Waals surface area contributed by atoms with Crippen LogP contribution in [0, 0.1) is 0 Å². The molecule has 3 N–H and O–H groups in total. The van der Waals surface area contributed by atoms with E-state index in [-0.39, 0.29) is 0 Å². The molecule has 94 valence electrons. The number of anilines is 1. The first-order chi connectivity index (χ1) is 8.24. The second-order valence-electron chi connectivity index (χ2n) is 3.58. The van der Waals surface area contributed by atoms with Gasteiger partial charge in [0.05, 0.1) is 12.8 Å². The van der Waals surface area contributed by atoms with E-state index in [0.29, 0.717) is 5.96 Å². The van der Waals surface area contributed by atoms with E-state index in [1.165, 1.54) is 0 Å². The van der Waals surface area contributed by atoms with Crippen LogP contribution in [0.2, 0.25) is 0 Å². The summed E-state index contributed by atoms with van der Waals surface area (Å²) >= 11 is 0. The summed E-state index contributed by atoms with van der Waals surface area (Å²) in [6.45, 7) is 2.81. The van der Waals surface area contributed by atoms with Crippen molar-refractivity contribution in [1.82, 2.24) is 5.43 Å². The Labute approximate surface area is 102 Å². The zero-order valence-corrected chi connectivity index (χ0v) is 10.6. The molecule has 1 aromatic rings. The number of rotatable bonds is 4. The third kappa shape index (κ3) is 3.35. The summed E-state index contributed by atoms with van der Waals surface area (Å²) in [7, 11) is 3.54. The summed E-state index contributed by atoms with van der Waals surface area (Å²) in [5.74, 6) is 6.89. The van der Waals surface area contributed by atoms with Crippen LogP contribution in [0.4, 0.5) is 5.69 Å². The second-order valence-corrected chi connectivity index (χ2v) is 3.58. The van der Waals surface area contributed by atoms with Gasteiger partial charge in [0.2, 0.25) is 5.96 Å². The molecular weight excluding hydrogens is 216 g/mol. The fraction of sp³-hybridized carbons (Fsp3) is 0.417. The quantitative estimate of drug-likeness (QED) is 0.358. The lowest BCUT2D eigenvalue weighted by Crippen LogP contribution is -2.43. The van der Waals surface area contributed by atoms with Crippen molar-refractivity contribution in [1.29, 1.82) is 0 Å².